The van der Waals surface area contributed by atoms with Gasteiger partial charge < -0.3 is 26.1 Å². The Morgan fingerprint density at radius 2 is 1.90 bits per heavy atom. The summed E-state index contributed by atoms with van der Waals surface area (Å²) in [5.74, 6) is -0.991. The number of para-hydroxylation sites is 1. The number of esters is 1. The minimum absolute atomic E-state index is 0.218. The summed E-state index contributed by atoms with van der Waals surface area (Å²) in [5.41, 5.74) is 7.67. The second-order valence-electron chi connectivity index (χ2n) is 8.80. The Hall–Kier alpha value is -2.38. The fraction of sp³-hybridized carbons (Fsp3) is 0.565. The largest absolute Gasteiger partial charge is 0.458 e. The third-order valence-electron chi connectivity index (χ3n) is 5.13. The zero-order chi connectivity index (χ0) is 22.3. The standard InChI is InChI=1S/C23H36N4O3/c1-15(17-14-26-18-11-7-6-10-16(17)18)20(24)21(28)27-19(12-8-9-13-25-5)22(29)30-23(2,3)4/h6-7,10-11,14-15,19-20,25-26H,8-9,12-13,24H2,1-5H3,(H,27,28)/t15-,19?,20?/m0/s1. The van der Waals surface area contributed by atoms with Crippen LogP contribution < -0.4 is 16.4 Å². The lowest BCUT2D eigenvalue weighted by molar-refractivity contribution is -0.159. The van der Waals surface area contributed by atoms with Gasteiger partial charge in [0.2, 0.25) is 5.91 Å². The number of unbranched alkanes of at least 4 members (excludes halogenated alkanes) is 1. The molecule has 0 radical (unpaired) electrons. The monoisotopic (exact) mass is 416 g/mol. The normalized spacial score (nSPS) is 14.9. The van der Waals surface area contributed by atoms with E-state index in [-0.39, 0.29) is 11.8 Å². The molecule has 7 nitrogen and oxygen atoms in total. The fourth-order valence-corrected chi connectivity index (χ4v) is 3.43. The molecule has 0 aliphatic rings. The SMILES string of the molecule is CNCCCCC(NC(=O)C(N)[C@@H](C)c1c[nH]c2ccccc12)C(=O)OC(C)(C)C. The molecule has 0 saturated carbocycles. The Morgan fingerprint density at radius 1 is 1.20 bits per heavy atom. The molecule has 7 heteroatoms. The van der Waals surface area contributed by atoms with Gasteiger partial charge in [-0.05, 0) is 65.3 Å². The van der Waals surface area contributed by atoms with Crippen LogP contribution in [0.15, 0.2) is 30.5 Å². The van der Waals surface area contributed by atoms with Crippen molar-refractivity contribution in [3.05, 3.63) is 36.0 Å². The quantitative estimate of drug-likeness (QED) is 0.352. The van der Waals surface area contributed by atoms with E-state index in [1.807, 2.05) is 65.2 Å². The molecule has 1 heterocycles. The van der Waals surface area contributed by atoms with Crippen LogP contribution >= 0.6 is 0 Å². The van der Waals surface area contributed by atoms with Crippen LogP contribution in [0.25, 0.3) is 10.9 Å². The molecule has 0 bridgehead atoms. The number of nitrogens with one attached hydrogen (secondary N) is 3. The van der Waals surface area contributed by atoms with Gasteiger partial charge >= 0.3 is 5.97 Å². The van der Waals surface area contributed by atoms with Crippen molar-refractivity contribution in [2.75, 3.05) is 13.6 Å². The summed E-state index contributed by atoms with van der Waals surface area (Å²) in [4.78, 5) is 28.8. The van der Waals surface area contributed by atoms with Gasteiger partial charge in [-0.2, -0.15) is 0 Å². The molecule has 0 saturated heterocycles. The number of aromatic amines is 1. The number of hydrogen-bond acceptors (Lipinski definition) is 5. The Balaban J connectivity index is 2.08. The molecule has 166 valence electrons. The average Bonchev–Trinajstić information content (AvgIpc) is 3.11. The van der Waals surface area contributed by atoms with Crippen molar-refractivity contribution in [2.24, 2.45) is 5.73 Å². The number of carbonyl (C=O) groups excluding carboxylic acids is 2. The van der Waals surface area contributed by atoms with Crippen LogP contribution in [0.5, 0.6) is 0 Å². The minimum Gasteiger partial charge on any atom is -0.458 e. The first-order valence-electron chi connectivity index (χ1n) is 10.6. The van der Waals surface area contributed by atoms with Gasteiger partial charge in [0.25, 0.3) is 0 Å². The van der Waals surface area contributed by atoms with E-state index < -0.39 is 23.7 Å². The van der Waals surface area contributed by atoms with Crippen molar-refractivity contribution in [1.29, 1.82) is 0 Å². The predicted octanol–water partition coefficient (Wildman–Crippen LogP) is 2.81. The number of rotatable bonds is 10. The third-order valence-corrected chi connectivity index (χ3v) is 5.13. The molecule has 0 aliphatic heterocycles. The molecule has 30 heavy (non-hydrogen) atoms. The number of aromatic nitrogens is 1. The summed E-state index contributed by atoms with van der Waals surface area (Å²) in [6.45, 7) is 8.22. The molecular weight excluding hydrogens is 380 g/mol. The first-order chi connectivity index (χ1) is 14.1. The fourth-order valence-electron chi connectivity index (χ4n) is 3.43. The second-order valence-corrected chi connectivity index (χ2v) is 8.80. The molecule has 1 aromatic heterocycles. The minimum atomic E-state index is -0.786. The molecule has 0 fully saturated rings. The van der Waals surface area contributed by atoms with E-state index in [9.17, 15) is 9.59 Å². The molecular formula is C23H36N4O3. The number of amides is 1. The Morgan fingerprint density at radius 3 is 2.57 bits per heavy atom. The Kier molecular flexibility index (Phi) is 8.43. The Bertz CT molecular complexity index is 840. The van der Waals surface area contributed by atoms with Gasteiger partial charge in [-0.1, -0.05) is 25.1 Å². The van der Waals surface area contributed by atoms with Crippen LogP contribution in [0.3, 0.4) is 0 Å². The lowest BCUT2D eigenvalue weighted by atomic mass is 9.92. The maximum atomic E-state index is 12.9. The first kappa shape index (κ1) is 23.9. The van der Waals surface area contributed by atoms with Gasteiger partial charge in [0, 0.05) is 23.0 Å². The van der Waals surface area contributed by atoms with E-state index in [4.69, 9.17) is 10.5 Å². The number of benzene rings is 1. The van der Waals surface area contributed by atoms with Crippen molar-refractivity contribution in [3.63, 3.8) is 0 Å². The van der Waals surface area contributed by atoms with E-state index in [0.29, 0.717) is 6.42 Å². The number of carbonyl (C=O) groups is 2. The van der Waals surface area contributed by atoms with Gasteiger partial charge in [0.1, 0.15) is 11.6 Å². The summed E-state index contributed by atoms with van der Waals surface area (Å²) >= 11 is 0. The van der Waals surface area contributed by atoms with E-state index >= 15 is 0 Å². The lowest BCUT2D eigenvalue weighted by Gasteiger charge is -2.26. The van der Waals surface area contributed by atoms with Crippen molar-refractivity contribution >= 4 is 22.8 Å². The van der Waals surface area contributed by atoms with Gasteiger partial charge in [-0.15, -0.1) is 0 Å². The average molecular weight is 417 g/mol. The highest BCUT2D eigenvalue weighted by Gasteiger charge is 2.30. The zero-order valence-electron chi connectivity index (χ0n) is 18.7. The highest BCUT2D eigenvalue weighted by molar-refractivity contribution is 5.90. The van der Waals surface area contributed by atoms with Crippen molar-refractivity contribution in [2.45, 2.75) is 70.6 Å². The maximum absolute atomic E-state index is 12.9. The maximum Gasteiger partial charge on any atom is 0.329 e. The summed E-state index contributed by atoms with van der Waals surface area (Å²) in [6.07, 6.45) is 4.10. The van der Waals surface area contributed by atoms with Crippen molar-refractivity contribution < 1.29 is 14.3 Å². The summed E-state index contributed by atoms with van der Waals surface area (Å²) in [7, 11) is 1.89. The molecule has 1 amide bonds. The van der Waals surface area contributed by atoms with E-state index in [2.05, 4.69) is 15.6 Å². The van der Waals surface area contributed by atoms with E-state index in [1.165, 1.54) is 0 Å². The highest BCUT2D eigenvalue weighted by atomic mass is 16.6. The predicted molar refractivity (Wildman–Crippen MR) is 120 cm³/mol. The Labute approximate surface area is 179 Å². The molecule has 1 aromatic carbocycles. The molecule has 2 rings (SSSR count). The number of nitrogens with two attached hydrogens (primary N) is 1. The van der Waals surface area contributed by atoms with Gasteiger partial charge in [-0.3, -0.25) is 4.79 Å². The molecule has 0 spiro atoms. The lowest BCUT2D eigenvalue weighted by Crippen LogP contribution is -2.51. The van der Waals surface area contributed by atoms with E-state index in [1.54, 1.807) is 0 Å². The molecule has 0 aliphatic carbocycles. The van der Waals surface area contributed by atoms with Gasteiger partial charge in [-0.25, -0.2) is 4.79 Å². The zero-order valence-corrected chi connectivity index (χ0v) is 18.7. The molecule has 5 N–H and O–H groups in total. The van der Waals surface area contributed by atoms with Crippen LogP contribution in [-0.2, 0) is 14.3 Å². The second kappa shape index (κ2) is 10.6. The highest BCUT2D eigenvalue weighted by Crippen LogP contribution is 2.27. The van der Waals surface area contributed by atoms with Crippen LogP contribution in [0.4, 0.5) is 0 Å². The topological polar surface area (TPSA) is 109 Å². The van der Waals surface area contributed by atoms with Crippen LogP contribution in [0.1, 0.15) is 58.4 Å². The van der Waals surface area contributed by atoms with Crippen LogP contribution in [0, 0.1) is 0 Å². The van der Waals surface area contributed by atoms with Crippen LogP contribution in [-0.4, -0.2) is 48.1 Å². The van der Waals surface area contributed by atoms with E-state index in [0.717, 1.165) is 35.9 Å². The van der Waals surface area contributed by atoms with Crippen molar-refractivity contribution in [3.8, 4) is 0 Å². The van der Waals surface area contributed by atoms with Gasteiger partial charge in [0.05, 0.1) is 6.04 Å². The number of H-pyrrole nitrogens is 1. The molecule has 3 atom stereocenters. The summed E-state index contributed by atoms with van der Waals surface area (Å²) in [5, 5.41) is 6.97. The van der Waals surface area contributed by atoms with Gasteiger partial charge in [0.15, 0.2) is 0 Å². The van der Waals surface area contributed by atoms with Crippen molar-refractivity contribution in [1.82, 2.24) is 15.6 Å². The molecule has 2 unspecified atom stereocenters. The smallest absolute Gasteiger partial charge is 0.329 e. The molecule has 2 aromatic rings. The number of ether oxygens (including phenoxy) is 1. The van der Waals surface area contributed by atoms with Crippen LogP contribution in [0.2, 0.25) is 0 Å². The summed E-state index contributed by atoms with van der Waals surface area (Å²) < 4.78 is 5.51. The number of hydrogen-bond donors (Lipinski definition) is 4. The summed E-state index contributed by atoms with van der Waals surface area (Å²) in [6, 6.07) is 6.41. The third kappa shape index (κ3) is 6.57. The first-order valence-corrected chi connectivity index (χ1v) is 10.6. The number of fused-ring (bicyclic) bond motifs is 1.